The Kier molecular flexibility index (Phi) is 2.70. The molecule has 1 atom stereocenters. The smallest absolute Gasteiger partial charge is 0.100 e. The Hall–Kier alpha value is -0.860. The first-order valence-electron chi connectivity index (χ1n) is 5.47. The van der Waals surface area contributed by atoms with Gasteiger partial charge in [0.15, 0.2) is 0 Å². The van der Waals surface area contributed by atoms with E-state index in [9.17, 15) is 0 Å². The minimum Gasteiger partial charge on any atom is -0.249 e. The lowest BCUT2D eigenvalue weighted by Gasteiger charge is -2.07. The van der Waals surface area contributed by atoms with Gasteiger partial charge in [-0.05, 0) is 24.0 Å². The number of benzene rings is 1. The SMILES string of the molecule is ClCc1cnc(C2CCc3ccccc32)s1. The largest absolute Gasteiger partial charge is 0.249 e. The van der Waals surface area contributed by atoms with Crippen molar-refractivity contribution in [1.82, 2.24) is 4.98 Å². The molecule has 1 nitrogen and oxygen atoms in total. The Labute approximate surface area is 104 Å². The highest BCUT2D eigenvalue weighted by Crippen LogP contribution is 2.39. The zero-order valence-electron chi connectivity index (χ0n) is 8.82. The van der Waals surface area contributed by atoms with Gasteiger partial charge in [0, 0.05) is 17.0 Å². The van der Waals surface area contributed by atoms with Crippen molar-refractivity contribution in [2.45, 2.75) is 24.6 Å². The zero-order chi connectivity index (χ0) is 11.0. The van der Waals surface area contributed by atoms with Crippen molar-refractivity contribution >= 4 is 22.9 Å². The molecule has 0 spiro atoms. The van der Waals surface area contributed by atoms with Gasteiger partial charge in [0.2, 0.25) is 0 Å². The minimum absolute atomic E-state index is 0.498. The molecule has 3 heteroatoms. The number of aryl methyl sites for hydroxylation is 1. The van der Waals surface area contributed by atoms with Crippen LogP contribution in [0.3, 0.4) is 0 Å². The van der Waals surface area contributed by atoms with E-state index in [1.807, 2.05) is 6.20 Å². The van der Waals surface area contributed by atoms with E-state index in [1.165, 1.54) is 33.9 Å². The molecule has 0 radical (unpaired) electrons. The van der Waals surface area contributed by atoms with Crippen LogP contribution in [0.1, 0.15) is 33.4 Å². The van der Waals surface area contributed by atoms with Crippen LogP contribution in [0, 0.1) is 0 Å². The van der Waals surface area contributed by atoms with Gasteiger partial charge >= 0.3 is 0 Å². The quantitative estimate of drug-likeness (QED) is 0.735. The van der Waals surface area contributed by atoms with E-state index in [0.29, 0.717) is 11.8 Å². The van der Waals surface area contributed by atoms with Crippen molar-refractivity contribution in [3.63, 3.8) is 0 Å². The third kappa shape index (κ3) is 1.66. The fourth-order valence-corrected chi connectivity index (χ4v) is 3.51. The number of hydrogen-bond acceptors (Lipinski definition) is 2. The van der Waals surface area contributed by atoms with Gasteiger partial charge in [0.05, 0.1) is 5.88 Å². The first-order chi connectivity index (χ1) is 7.88. The molecule has 16 heavy (non-hydrogen) atoms. The van der Waals surface area contributed by atoms with E-state index in [-0.39, 0.29) is 0 Å². The zero-order valence-corrected chi connectivity index (χ0v) is 10.4. The Morgan fingerprint density at radius 3 is 3.06 bits per heavy atom. The molecule has 0 amide bonds. The molecule has 1 aliphatic rings. The first kappa shape index (κ1) is 10.3. The fraction of sp³-hybridized carbons (Fsp3) is 0.308. The molecular weight excluding hydrogens is 238 g/mol. The molecule has 0 aliphatic heterocycles. The van der Waals surface area contributed by atoms with Gasteiger partial charge in [0.25, 0.3) is 0 Å². The molecule has 0 fully saturated rings. The molecule has 0 saturated heterocycles. The number of rotatable bonds is 2. The number of fused-ring (bicyclic) bond motifs is 1. The summed E-state index contributed by atoms with van der Waals surface area (Å²) in [6.07, 6.45) is 4.28. The molecule has 2 aromatic rings. The number of thiazole rings is 1. The molecule has 0 bridgehead atoms. The number of aromatic nitrogens is 1. The van der Waals surface area contributed by atoms with Gasteiger partial charge in [-0.15, -0.1) is 22.9 Å². The van der Waals surface area contributed by atoms with Crippen LogP contribution < -0.4 is 0 Å². The van der Waals surface area contributed by atoms with E-state index in [0.717, 1.165) is 0 Å². The van der Waals surface area contributed by atoms with Crippen molar-refractivity contribution in [1.29, 1.82) is 0 Å². The molecule has 0 saturated carbocycles. The summed E-state index contributed by atoms with van der Waals surface area (Å²) in [6.45, 7) is 0. The van der Waals surface area contributed by atoms with E-state index in [4.69, 9.17) is 11.6 Å². The van der Waals surface area contributed by atoms with Crippen LogP contribution in [0.25, 0.3) is 0 Å². The maximum Gasteiger partial charge on any atom is 0.100 e. The van der Waals surface area contributed by atoms with Crippen molar-refractivity contribution in [3.8, 4) is 0 Å². The average molecular weight is 250 g/mol. The van der Waals surface area contributed by atoms with Gasteiger partial charge in [-0.1, -0.05) is 24.3 Å². The highest BCUT2D eigenvalue weighted by Gasteiger charge is 2.25. The molecule has 1 aromatic carbocycles. The lowest BCUT2D eigenvalue weighted by Crippen LogP contribution is -1.94. The minimum atomic E-state index is 0.498. The standard InChI is InChI=1S/C13H12ClNS/c14-7-10-8-15-13(16-10)12-6-5-9-3-1-2-4-11(9)12/h1-4,8,12H,5-7H2. The van der Waals surface area contributed by atoms with Crippen LogP contribution in [-0.2, 0) is 12.3 Å². The van der Waals surface area contributed by atoms with Gasteiger partial charge < -0.3 is 0 Å². The second-order valence-electron chi connectivity index (χ2n) is 4.09. The summed E-state index contributed by atoms with van der Waals surface area (Å²) in [4.78, 5) is 5.67. The Balaban J connectivity index is 1.98. The number of hydrogen-bond donors (Lipinski definition) is 0. The molecule has 1 heterocycles. The van der Waals surface area contributed by atoms with Crippen molar-refractivity contribution in [2.75, 3.05) is 0 Å². The van der Waals surface area contributed by atoms with E-state index < -0.39 is 0 Å². The van der Waals surface area contributed by atoms with E-state index in [1.54, 1.807) is 11.3 Å². The first-order valence-corrected chi connectivity index (χ1v) is 6.82. The summed E-state index contributed by atoms with van der Waals surface area (Å²) in [5, 5.41) is 1.22. The summed E-state index contributed by atoms with van der Waals surface area (Å²) >= 11 is 7.57. The molecule has 1 unspecified atom stereocenters. The van der Waals surface area contributed by atoms with Crippen LogP contribution in [0.2, 0.25) is 0 Å². The van der Waals surface area contributed by atoms with Crippen molar-refractivity contribution in [3.05, 3.63) is 51.5 Å². The monoisotopic (exact) mass is 249 g/mol. The Morgan fingerprint density at radius 2 is 2.25 bits per heavy atom. The number of halogens is 1. The number of alkyl halides is 1. The molecule has 1 aliphatic carbocycles. The third-order valence-electron chi connectivity index (χ3n) is 3.13. The predicted molar refractivity (Wildman–Crippen MR) is 68.3 cm³/mol. The van der Waals surface area contributed by atoms with E-state index in [2.05, 4.69) is 29.2 Å². The summed E-state index contributed by atoms with van der Waals surface area (Å²) in [5.41, 5.74) is 2.94. The van der Waals surface area contributed by atoms with Crippen molar-refractivity contribution in [2.24, 2.45) is 0 Å². The maximum absolute atomic E-state index is 5.82. The van der Waals surface area contributed by atoms with Crippen LogP contribution in [-0.4, -0.2) is 4.98 Å². The van der Waals surface area contributed by atoms with Gasteiger partial charge in [-0.2, -0.15) is 0 Å². The van der Waals surface area contributed by atoms with Crippen LogP contribution in [0.4, 0.5) is 0 Å². The van der Waals surface area contributed by atoms with Crippen molar-refractivity contribution < 1.29 is 0 Å². The molecular formula is C13H12ClNS. The second-order valence-corrected chi connectivity index (χ2v) is 5.50. The Bertz CT molecular complexity index is 506. The second kappa shape index (κ2) is 4.19. The topological polar surface area (TPSA) is 12.9 Å². The molecule has 3 rings (SSSR count). The van der Waals surface area contributed by atoms with Gasteiger partial charge in [-0.25, -0.2) is 4.98 Å². The molecule has 0 N–H and O–H groups in total. The fourth-order valence-electron chi connectivity index (χ4n) is 2.36. The van der Waals surface area contributed by atoms with E-state index >= 15 is 0 Å². The molecule has 1 aromatic heterocycles. The summed E-state index contributed by atoms with van der Waals surface area (Å²) in [6, 6.07) is 8.70. The lowest BCUT2D eigenvalue weighted by atomic mass is 10.0. The van der Waals surface area contributed by atoms with Gasteiger partial charge in [-0.3, -0.25) is 0 Å². The van der Waals surface area contributed by atoms with Crippen LogP contribution in [0.15, 0.2) is 30.5 Å². The molecule has 82 valence electrons. The van der Waals surface area contributed by atoms with Crippen LogP contribution in [0.5, 0.6) is 0 Å². The third-order valence-corrected chi connectivity index (χ3v) is 4.69. The summed E-state index contributed by atoms with van der Waals surface area (Å²) in [5.74, 6) is 1.07. The summed E-state index contributed by atoms with van der Waals surface area (Å²) in [7, 11) is 0. The normalized spacial score (nSPS) is 18.7. The van der Waals surface area contributed by atoms with Crippen LogP contribution >= 0.6 is 22.9 Å². The predicted octanol–water partition coefficient (Wildman–Crippen LogP) is 3.96. The Morgan fingerprint density at radius 1 is 1.38 bits per heavy atom. The lowest BCUT2D eigenvalue weighted by molar-refractivity contribution is 0.780. The maximum atomic E-state index is 5.82. The highest BCUT2D eigenvalue weighted by molar-refractivity contribution is 7.11. The average Bonchev–Trinajstić information content (AvgIpc) is 2.94. The highest BCUT2D eigenvalue weighted by atomic mass is 35.5. The number of nitrogens with zero attached hydrogens (tertiary/aromatic N) is 1. The van der Waals surface area contributed by atoms with Gasteiger partial charge in [0.1, 0.15) is 5.01 Å². The summed E-state index contributed by atoms with van der Waals surface area (Å²) < 4.78 is 0.